The molecule has 0 aliphatic heterocycles. The molecule has 90 valence electrons. The van der Waals surface area contributed by atoms with E-state index in [9.17, 15) is 4.79 Å². The van der Waals surface area contributed by atoms with Crippen LogP contribution in [0.4, 0.5) is 0 Å². The number of aromatic nitrogens is 4. The lowest BCUT2D eigenvalue weighted by Gasteiger charge is -1.99. The number of pyridine rings is 1. The number of nitrogens with zero attached hydrogens (tertiary/aromatic N) is 4. The zero-order valence-electron chi connectivity index (χ0n) is 9.74. The van der Waals surface area contributed by atoms with Crippen molar-refractivity contribution < 1.29 is 4.79 Å². The van der Waals surface area contributed by atoms with Gasteiger partial charge in [-0.3, -0.25) is 9.48 Å². The Morgan fingerprint density at radius 2 is 2.00 bits per heavy atom. The first-order chi connectivity index (χ1) is 8.65. The number of hydrogen-bond acceptors (Lipinski definition) is 3. The fourth-order valence-corrected chi connectivity index (χ4v) is 1.92. The Kier molecular flexibility index (Phi) is 2.16. The molecule has 0 radical (unpaired) electrons. The molecule has 3 rings (SSSR count). The van der Waals surface area contributed by atoms with Crippen LogP contribution in [0.5, 0.6) is 0 Å². The van der Waals surface area contributed by atoms with E-state index in [1.54, 1.807) is 15.4 Å². The van der Waals surface area contributed by atoms with Gasteiger partial charge in [0.15, 0.2) is 0 Å². The summed E-state index contributed by atoms with van der Waals surface area (Å²) >= 11 is 0. The molecule has 0 saturated carbocycles. The van der Waals surface area contributed by atoms with E-state index in [0.717, 1.165) is 11.1 Å². The third-order valence-electron chi connectivity index (χ3n) is 2.82. The lowest BCUT2D eigenvalue weighted by Crippen LogP contribution is -2.10. The van der Waals surface area contributed by atoms with E-state index in [1.165, 1.54) is 6.20 Å². The lowest BCUT2D eigenvalue weighted by molar-refractivity contribution is 0.100. The molecule has 0 unspecified atom stereocenters. The fourth-order valence-electron chi connectivity index (χ4n) is 1.92. The molecule has 0 aliphatic carbocycles. The van der Waals surface area contributed by atoms with Gasteiger partial charge in [0.1, 0.15) is 0 Å². The van der Waals surface area contributed by atoms with Crippen molar-refractivity contribution >= 4 is 11.4 Å². The largest absolute Gasteiger partial charge is 0.365 e. The van der Waals surface area contributed by atoms with Crippen molar-refractivity contribution in [2.45, 2.75) is 0 Å². The van der Waals surface area contributed by atoms with Crippen LogP contribution in [-0.4, -0.2) is 25.3 Å². The molecule has 6 heteroatoms. The summed E-state index contributed by atoms with van der Waals surface area (Å²) in [7, 11) is 1.86. The smallest absolute Gasteiger partial charge is 0.252 e. The van der Waals surface area contributed by atoms with Gasteiger partial charge in [0.2, 0.25) is 0 Å². The Morgan fingerprint density at radius 3 is 2.67 bits per heavy atom. The third-order valence-corrected chi connectivity index (χ3v) is 2.82. The van der Waals surface area contributed by atoms with Crippen LogP contribution in [0.25, 0.3) is 16.6 Å². The number of amides is 1. The summed E-state index contributed by atoms with van der Waals surface area (Å²) in [5.41, 5.74) is 8.38. The molecule has 18 heavy (non-hydrogen) atoms. The Labute approximate surface area is 103 Å². The van der Waals surface area contributed by atoms with E-state index < -0.39 is 5.91 Å². The van der Waals surface area contributed by atoms with Gasteiger partial charge in [-0.2, -0.15) is 10.2 Å². The summed E-state index contributed by atoms with van der Waals surface area (Å²) in [6, 6.07) is 3.75. The van der Waals surface area contributed by atoms with Gasteiger partial charge in [0.25, 0.3) is 5.91 Å². The Hall–Kier alpha value is -2.63. The van der Waals surface area contributed by atoms with Gasteiger partial charge in [-0.15, -0.1) is 0 Å². The molecular formula is C12H11N5O. The zero-order valence-corrected chi connectivity index (χ0v) is 9.74. The van der Waals surface area contributed by atoms with Gasteiger partial charge >= 0.3 is 0 Å². The molecule has 0 bridgehead atoms. The molecular weight excluding hydrogens is 230 g/mol. The quantitative estimate of drug-likeness (QED) is 0.722. The number of hydrogen-bond donors (Lipinski definition) is 1. The van der Waals surface area contributed by atoms with Gasteiger partial charge < -0.3 is 5.73 Å². The summed E-state index contributed by atoms with van der Waals surface area (Å²) in [6.07, 6.45) is 7.02. The first-order valence-corrected chi connectivity index (χ1v) is 5.41. The molecule has 0 saturated heterocycles. The van der Waals surface area contributed by atoms with Crippen molar-refractivity contribution in [1.82, 2.24) is 19.4 Å². The van der Waals surface area contributed by atoms with Crippen molar-refractivity contribution in [2.24, 2.45) is 12.8 Å². The Morgan fingerprint density at radius 1 is 1.17 bits per heavy atom. The van der Waals surface area contributed by atoms with Crippen LogP contribution in [0.1, 0.15) is 10.4 Å². The topological polar surface area (TPSA) is 78.2 Å². The normalized spacial score (nSPS) is 10.9. The third kappa shape index (κ3) is 1.55. The summed E-state index contributed by atoms with van der Waals surface area (Å²) in [6.45, 7) is 0. The number of aryl methyl sites for hydroxylation is 1. The van der Waals surface area contributed by atoms with Crippen LogP contribution in [0, 0.1) is 0 Å². The second kappa shape index (κ2) is 3.69. The lowest BCUT2D eigenvalue weighted by atomic mass is 10.1. The van der Waals surface area contributed by atoms with E-state index in [-0.39, 0.29) is 0 Å². The second-order valence-corrected chi connectivity index (χ2v) is 4.07. The maximum Gasteiger partial charge on any atom is 0.252 e. The van der Waals surface area contributed by atoms with E-state index in [1.807, 2.05) is 31.6 Å². The number of rotatable bonds is 2. The minimum absolute atomic E-state index is 0.424. The second-order valence-electron chi connectivity index (χ2n) is 4.07. The average Bonchev–Trinajstić information content (AvgIpc) is 2.93. The fraction of sp³-hybridized carbons (Fsp3) is 0.0833. The molecule has 0 spiro atoms. The standard InChI is InChI=1S/C12H11N5O/c1-16-6-9(4-14-16)8-2-3-11-10(12(13)18)5-15-17(11)7-8/h2-7H,1H3,(H2,13,18). The number of primary amides is 1. The zero-order chi connectivity index (χ0) is 12.7. The minimum atomic E-state index is -0.473. The maximum absolute atomic E-state index is 11.2. The van der Waals surface area contributed by atoms with Crippen molar-refractivity contribution in [3.63, 3.8) is 0 Å². The first kappa shape index (κ1) is 10.5. The molecule has 2 N–H and O–H groups in total. The highest BCUT2D eigenvalue weighted by molar-refractivity contribution is 5.99. The number of carbonyl (C=O) groups is 1. The van der Waals surface area contributed by atoms with Crippen LogP contribution in [0.15, 0.2) is 36.9 Å². The van der Waals surface area contributed by atoms with Gasteiger partial charge in [0, 0.05) is 30.6 Å². The molecule has 0 fully saturated rings. The molecule has 0 aliphatic rings. The van der Waals surface area contributed by atoms with Crippen LogP contribution >= 0.6 is 0 Å². The average molecular weight is 241 g/mol. The molecule has 3 aromatic rings. The maximum atomic E-state index is 11.2. The molecule has 3 aromatic heterocycles. The summed E-state index contributed by atoms with van der Waals surface area (Å²) in [5, 5.41) is 8.24. The van der Waals surface area contributed by atoms with Crippen molar-refractivity contribution in [3.05, 3.63) is 42.5 Å². The van der Waals surface area contributed by atoms with Crippen molar-refractivity contribution in [3.8, 4) is 11.1 Å². The highest BCUT2D eigenvalue weighted by Crippen LogP contribution is 2.20. The molecule has 6 nitrogen and oxygen atoms in total. The predicted molar refractivity (Wildman–Crippen MR) is 65.9 cm³/mol. The predicted octanol–water partition coefficient (Wildman–Crippen LogP) is 0.834. The van der Waals surface area contributed by atoms with Crippen LogP contribution < -0.4 is 5.73 Å². The van der Waals surface area contributed by atoms with E-state index >= 15 is 0 Å². The van der Waals surface area contributed by atoms with Gasteiger partial charge in [0.05, 0.1) is 23.5 Å². The number of nitrogens with two attached hydrogens (primary N) is 1. The highest BCUT2D eigenvalue weighted by Gasteiger charge is 2.10. The monoisotopic (exact) mass is 241 g/mol. The Balaban J connectivity index is 2.15. The van der Waals surface area contributed by atoms with Gasteiger partial charge in [-0.25, -0.2) is 4.52 Å². The van der Waals surface area contributed by atoms with Crippen LogP contribution in [0.2, 0.25) is 0 Å². The van der Waals surface area contributed by atoms with Crippen molar-refractivity contribution in [1.29, 1.82) is 0 Å². The molecule has 0 aromatic carbocycles. The van der Waals surface area contributed by atoms with E-state index in [2.05, 4.69) is 10.2 Å². The summed E-state index contributed by atoms with van der Waals surface area (Å²) < 4.78 is 3.37. The van der Waals surface area contributed by atoms with Gasteiger partial charge in [-0.1, -0.05) is 6.07 Å². The first-order valence-electron chi connectivity index (χ1n) is 5.41. The van der Waals surface area contributed by atoms with Crippen LogP contribution in [0.3, 0.4) is 0 Å². The van der Waals surface area contributed by atoms with Crippen molar-refractivity contribution in [2.75, 3.05) is 0 Å². The minimum Gasteiger partial charge on any atom is -0.365 e. The number of carbonyl (C=O) groups excluding carboxylic acids is 1. The Bertz CT molecular complexity index is 740. The molecule has 1 amide bonds. The molecule has 3 heterocycles. The van der Waals surface area contributed by atoms with Gasteiger partial charge in [-0.05, 0) is 6.07 Å². The van der Waals surface area contributed by atoms with Crippen LogP contribution in [-0.2, 0) is 7.05 Å². The summed E-state index contributed by atoms with van der Waals surface area (Å²) in [5.74, 6) is -0.473. The summed E-state index contributed by atoms with van der Waals surface area (Å²) in [4.78, 5) is 11.2. The number of fused-ring (bicyclic) bond motifs is 1. The SMILES string of the molecule is Cn1cc(-c2ccc3c(C(N)=O)cnn3c2)cn1. The van der Waals surface area contributed by atoms with E-state index in [4.69, 9.17) is 5.73 Å². The highest BCUT2D eigenvalue weighted by atomic mass is 16.1. The molecule has 0 atom stereocenters. The van der Waals surface area contributed by atoms with E-state index in [0.29, 0.717) is 11.1 Å².